The molecule has 1 saturated carbocycles. The standard InChI is InChI=1S/C13H24O4S/c1-2-18(16,17)10-6-8-11-7-4-3-5-9-12(11)13(14)15/h11-12H,2-10H2,1H3,(H,14,15). The fraction of sp³-hybridized carbons (Fsp3) is 0.923. The Balaban J connectivity index is 2.49. The van der Waals surface area contributed by atoms with Gasteiger partial charge in [-0.2, -0.15) is 0 Å². The average molecular weight is 276 g/mol. The van der Waals surface area contributed by atoms with Gasteiger partial charge in [-0.15, -0.1) is 0 Å². The summed E-state index contributed by atoms with van der Waals surface area (Å²) in [4.78, 5) is 11.2. The SMILES string of the molecule is CCS(=O)(=O)CCCC1CCCCCC1C(=O)O. The quantitative estimate of drug-likeness (QED) is 0.757. The molecule has 1 N–H and O–H groups in total. The van der Waals surface area contributed by atoms with E-state index in [0.717, 1.165) is 38.5 Å². The van der Waals surface area contributed by atoms with Gasteiger partial charge in [0.05, 0.1) is 11.7 Å². The fourth-order valence-electron chi connectivity index (χ4n) is 2.76. The van der Waals surface area contributed by atoms with Gasteiger partial charge in [-0.25, -0.2) is 8.42 Å². The number of rotatable bonds is 6. The van der Waals surface area contributed by atoms with Crippen LogP contribution in [0.25, 0.3) is 0 Å². The topological polar surface area (TPSA) is 71.4 Å². The van der Waals surface area contributed by atoms with Crippen molar-refractivity contribution >= 4 is 15.8 Å². The van der Waals surface area contributed by atoms with Crippen LogP contribution in [0.15, 0.2) is 0 Å². The molecule has 0 radical (unpaired) electrons. The maximum absolute atomic E-state index is 11.4. The summed E-state index contributed by atoms with van der Waals surface area (Å²) in [6.45, 7) is 1.65. The third-order valence-electron chi connectivity index (χ3n) is 3.95. The van der Waals surface area contributed by atoms with Crippen LogP contribution in [0.3, 0.4) is 0 Å². The highest BCUT2D eigenvalue weighted by Gasteiger charge is 2.29. The van der Waals surface area contributed by atoms with Crippen LogP contribution < -0.4 is 0 Å². The van der Waals surface area contributed by atoms with Crippen LogP contribution in [-0.4, -0.2) is 31.0 Å². The number of hydrogen-bond acceptors (Lipinski definition) is 3. The highest BCUT2D eigenvalue weighted by molar-refractivity contribution is 7.91. The summed E-state index contributed by atoms with van der Waals surface area (Å²) in [5.74, 6) is -0.430. The lowest BCUT2D eigenvalue weighted by Gasteiger charge is -2.21. The zero-order valence-corrected chi connectivity index (χ0v) is 11.9. The van der Waals surface area contributed by atoms with E-state index >= 15 is 0 Å². The molecule has 0 saturated heterocycles. The van der Waals surface area contributed by atoms with E-state index in [0.29, 0.717) is 6.42 Å². The normalized spacial score (nSPS) is 25.6. The molecule has 5 heteroatoms. The number of carboxylic acids is 1. The average Bonchev–Trinajstić information content (AvgIpc) is 2.54. The molecule has 0 aromatic heterocycles. The Morgan fingerprint density at radius 2 is 1.89 bits per heavy atom. The third-order valence-corrected chi connectivity index (χ3v) is 5.74. The van der Waals surface area contributed by atoms with Crippen LogP contribution in [0.2, 0.25) is 0 Å². The summed E-state index contributed by atoms with van der Waals surface area (Å²) in [5, 5.41) is 9.22. The largest absolute Gasteiger partial charge is 0.481 e. The highest BCUT2D eigenvalue weighted by atomic mass is 32.2. The van der Waals surface area contributed by atoms with Crippen molar-refractivity contribution in [3.8, 4) is 0 Å². The van der Waals surface area contributed by atoms with Crippen molar-refractivity contribution in [3.63, 3.8) is 0 Å². The lowest BCUT2D eigenvalue weighted by Crippen LogP contribution is -2.23. The summed E-state index contributed by atoms with van der Waals surface area (Å²) in [6.07, 6.45) is 6.19. The van der Waals surface area contributed by atoms with Gasteiger partial charge in [-0.1, -0.05) is 26.2 Å². The van der Waals surface area contributed by atoms with Crippen molar-refractivity contribution in [2.45, 2.75) is 51.9 Å². The second kappa shape index (κ2) is 7.12. The first-order valence-corrected chi connectivity index (χ1v) is 8.71. The van der Waals surface area contributed by atoms with E-state index in [2.05, 4.69) is 0 Å². The highest BCUT2D eigenvalue weighted by Crippen LogP contribution is 2.32. The summed E-state index contributed by atoms with van der Waals surface area (Å²) in [6, 6.07) is 0. The zero-order valence-electron chi connectivity index (χ0n) is 11.1. The molecule has 2 atom stereocenters. The molecule has 0 heterocycles. The Labute approximate surface area is 110 Å². The monoisotopic (exact) mass is 276 g/mol. The molecule has 106 valence electrons. The molecule has 0 spiro atoms. The lowest BCUT2D eigenvalue weighted by atomic mass is 9.85. The van der Waals surface area contributed by atoms with Gasteiger partial charge in [0.25, 0.3) is 0 Å². The smallest absolute Gasteiger partial charge is 0.306 e. The number of hydrogen-bond donors (Lipinski definition) is 1. The molecular weight excluding hydrogens is 252 g/mol. The lowest BCUT2D eigenvalue weighted by molar-refractivity contribution is -0.144. The predicted octanol–water partition coefficient (Wildman–Crippen LogP) is 2.48. The van der Waals surface area contributed by atoms with Crippen molar-refractivity contribution in [1.29, 1.82) is 0 Å². The molecule has 0 amide bonds. The van der Waals surface area contributed by atoms with Gasteiger partial charge < -0.3 is 5.11 Å². The Morgan fingerprint density at radius 3 is 2.50 bits per heavy atom. The second-order valence-corrected chi connectivity index (χ2v) is 7.69. The molecule has 1 aliphatic carbocycles. The fourth-order valence-corrected chi connectivity index (χ4v) is 3.66. The zero-order chi connectivity index (χ0) is 13.6. The Kier molecular flexibility index (Phi) is 6.12. The number of aliphatic carboxylic acids is 1. The summed E-state index contributed by atoms with van der Waals surface area (Å²) >= 11 is 0. The number of carbonyl (C=O) groups is 1. The van der Waals surface area contributed by atoms with Crippen LogP contribution in [0.4, 0.5) is 0 Å². The van der Waals surface area contributed by atoms with Gasteiger partial charge in [-0.05, 0) is 31.6 Å². The second-order valence-electron chi connectivity index (χ2n) is 5.22. The van der Waals surface area contributed by atoms with Crippen molar-refractivity contribution in [2.75, 3.05) is 11.5 Å². The summed E-state index contributed by atoms with van der Waals surface area (Å²) in [7, 11) is -2.91. The Bertz CT molecular complexity index is 361. The van der Waals surface area contributed by atoms with Crippen LogP contribution in [0.1, 0.15) is 51.9 Å². The van der Waals surface area contributed by atoms with Gasteiger partial charge >= 0.3 is 5.97 Å². The van der Waals surface area contributed by atoms with Crippen LogP contribution in [-0.2, 0) is 14.6 Å². The van der Waals surface area contributed by atoms with Gasteiger partial charge in [0.2, 0.25) is 0 Å². The third kappa shape index (κ3) is 4.96. The molecule has 1 fully saturated rings. The summed E-state index contributed by atoms with van der Waals surface area (Å²) < 4.78 is 22.8. The maximum Gasteiger partial charge on any atom is 0.306 e. The van der Waals surface area contributed by atoms with Crippen molar-refractivity contribution in [2.24, 2.45) is 11.8 Å². The van der Waals surface area contributed by atoms with Crippen LogP contribution in [0.5, 0.6) is 0 Å². The minimum absolute atomic E-state index is 0.164. The maximum atomic E-state index is 11.4. The minimum Gasteiger partial charge on any atom is -0.481 e. The molecule has 4 nitrogen and oxygen atoms in total. The van der Waals surface area contributed by atoms with Crippen molar-refractivity contribution in [3.05, 3.63) is 0 Å². The molecule has 2 unspecified atom stereocenters. The van der Waals surface area contributed by atoms with E-state index in [1.807, 2.05) is 0 Å². The van der Waals surface area contributed by atoms with Crippen molar-refractivity contribution in [1.82, 2.24) is 0 Å². The van der Waals surface area contributed by atoms with E-state index in [-0.39, 0.29) is 23.3 Å². The first kappa shape index (κ1) is 15.5. The minimum atomic E-state index is -2.91. The Hall–Kier alpha value is -0.580. The number of sulfone groups is 1. The van der Waals surface area contributed by atoms with E-state index in [1.165, 1.54) is 0 Å². The molecule has 18 heavy (non-hydrogen) atoms. The van der Waals surface area contributed by atoms with Crippen molar-refractivity contribution < 1.29 is 18.3 Å². The van der Waals surface area contributed by atoms with Gasteiger partial charge in [0, 0.05) is 5.75 Å². The van der Waals surface area contributed by atoms with E-state index in [9.17, 15) is 18.3 Å². The molecule has 0 aliphatic heterocycles. The molecular formula is C13H24O4S. The van der Waals surface area contributed by atoms with E-state index < -0.39 is 15.8 Å². The first-order chi connectivity index (χ1) is 8.46. The Morgan fingerprint density at radius 1 is 1.22 bits per heavy atom. The van der Waals surface area contributed by atoms with Gasteiger partial charge in [0.15, 0.2) is 0 Å². The molecule has 1 aliphatic rings. The summed E-state index contributed by atoms with van der Waals surface area (Å²) in [5.41, 5.74) is 0. The molecule has 0 aromatic rings. The molecule has 0 aromatic carbocycles. The van der Waals surface area contributed by atoms with E-state index in [1.54, 1.807) is 6.92 Å². The molecule has 1 rings (SSSR count). The van der Waals surface area contributed by atoms with Gasteiger partial charge in [-0.3, -0.25) is 4.79 Å². The molecule has 0 bridgehead atoms. The first-order valence-electron chi connectivity index (χ1n) is 6.89. The van der Waals surface area contributed by atoms with Crippen LogP contribution in [0, 0.1) is 11.8 Å². The number of carboxylic acid groups (broad SMARTS) is 1. The van der Waals surface area contributed by atoms with Crippen LogP contribution >= 0.6 is 0 Å². The van der Waals surface area contributed by atoms with Gasteiger partial charge in [0.1, 0.15) is 9.84 Å². The van der Waals surface area contributed by atoms with E-state index in [4.69, 9.17) is 0 Å². The predicted molar refractivity (Wildman–Crippen MR) is 71.3 cm³/mol.